The van der Waals surface area contributed by atoms with Gasteiger partial charge in [0, 0.05) is 16.5 Å². The van der Waals surface area contributed by atoms with Gasteiger partial charge in [0.2, 0.25) is 0 Å². The number of benzene rings is 2. The van der Waals surface area contributed by atoms with Crippen molar-refractivity contribution in [1.82, 2.24) is 4.98 Å². The molecule has 0 aliphatic rings. The summed E-state index contributed by atoms with van der Waals surface area (Å²) in [7, 11) is 1.50. The molecule has 0 radical (unpaired) electrons. The molecule has 21 heavy (non-hydrogen) atoms. The van der Waals surface area contributed by atoms with Crippen molar-refractivity contribution in [3.05, 3.63) is 48.0 Å². The first kappa shape index (κ1) is 13.1. The Morgan fingerprint density at radius 2 is 1.95 bits per heavy atom. The molecule has 1 heterocycles. The summed E-state index contributed by atoms with van der Waals surface area (Å²) in [6.45, 7) is 0. The molecule has 2 aromatic carbocycles. The summed E-state index contributed by atoms with van der Waals surface area (Å²) in [6.07, 6.45) is 0. The molecule has 3 aromatic rings. The van der Waals surface area contributed by atoms with E-state index < -0.39 is 5.97 Å². The molecule has 0 atom stereocenters. The Hall–Kier alpha value is -2.95. The van der Waals surface area contributed by atoms with Gasteiger partial charge in [-0.15, -0.1) is 0 Å². The number of aromatic nitrogens is 1. The number of carboxylic acids is 1. The lowest BCUT2D eigenvalue weighted by molar-refractivity contribution is 0.0697. The number of aromatic amines is 1. The third kappa shape index (κ3) is 2.08. The second kappa shape index (κ2) is 4.86. The van der Waals surface area contributed by atoms with Crippen LogP contribution >= 0.6 is 0 Å². The van der Waals surface area contributed by atoms with E-state index in [1.165, 1.54) is 19.2 Å². The van der Waals surface area contributed by atoms with Gasteiger partial charge in [-0.3, -0.25) is 0 Å². The van der Waals surface area contributed by atoms with E-state index in [0.29, 0.717) is 22.4 Å². The number of aromatic carboxylic acids is 1. The molecule has 3 rings (SSSR count). The normalized spacial score (nSPS) is 10.7. The topological polar surface area (TPSA) is 82.5 Å². The summed E-state index contributed by atoms with van der Waals surface area (Å²) in [5.74, 6) is -0.470. The third-order valence-corrected chi connectivity index (χ3v) is 3.39. The molecule has 0 saturated heterocycles. The second-order valence-corrected chi connectivity index (χ2v) is 4.61. The van der Waals surface area contributed by atoms with Crippen LogP contribution in [-0.4, -0.2) is 28.3 Å². The Bertz CT molecular complexity index is 835. The average molecular weight is 283 g/mol. The number of hydrogen-bond donors (Lipinski definition) is 3. The summed E-state index contributed by atoms with van der Waals surface area (Å²) < 4.78 is 5.26. The average Bonchev–Trinajstić information content (AvgIpc) is 2.84. The van der Waals surface area contributed by atoms with Crippen LogP contribution in [-0.2, 0) is 0 Å². The lowest BCUT2D eigenvalue weighted by atomic mass is 10.1. The molecule has 0 fully saturated rings. The molecule has 0 unspecified atom stereocenters. The highest BCUT2D eigenvalue weighted by Gasteiger charge is 2.17. The van der Waals surface area contributed by atoms with Gasteiger partial charge in [0.15, 0.2) is 0 Å². The van der Waals surface area contributed by atoms with Crippen molar-refractivity contribution in [2.75, 3.05) is 7.11 Å². The van der Waals surface area contributed by atoms with Crippen LogP contribution in [0.15, 0.2) is 42.5 Å². The van der Waals surface area contributed by atoms with Crippen molar-refractivity contribution in [1.29, 1.82) is 0 Å². The summed E-state index contributed by atoms with van der Waals surface area (Å²) in [6, 6.07) is 11.8. The summed E-state index contributed by atoms with van der Waals surface area (Å²) in [4.78, 5) is 14.2. The van der Waals surface area contributed by atoms with E-state index in [-0.39, 0.29) is 11.3 Å². The van der Waals surface area contributed by atoms with Crippen LogP contribution in [0.2, 0.25) is 0 Å². The van der Waals surface area contributed by atoms with Gasteiger partial charge in [-0.25, -0.2) is 4.79 Å². The van der Waals surface area contributed by atoms with Crippen LogP contribution in [0.4, 0.5) is 0 Å². The molecule has 0 amide bonds. The van der Waals surface area contributed by atoms with Crippen LogP contribution in [0.1, 0.15) is 10.4 Å². The number of aromatic hydroxyl groups is 1. The standard InChI is InChI=1S/C16H13NO4/c1-21-13-7-6-9(16(19)20)8-11(13)14-15(18)10-4-2-3-5-12(10)17-14/h2-8,17-18H,1H3,(H,19,20). The largest absolute Gasteiger partial charge is 0.505 e. The molecule has 0 saturated carbocycles. The van der Waals surface area contributed by atoms with E-state index in [2.05, 4.69) is 4.98 Å². The van der Waals surface area contributed by atoms with Crippen molar-refractivity contribution in [2.24, 2.45) is 0 Å². The molecule has 5 nitrogen and oxygen atoms in total. The maximum Gasteiger partial charge on any atom is 0.335 e. The highest BCUT2D eigenvalue weighted by molar-refractivity contribution is 5.96. The molecular formula is C16H13NO4. The smallest absolute Gasteiger partial charge is 0.335 e. The van der Waals surface area contributed by atoms with Crippen LogP contribution in [0, 0.1) is 0 Å². The Morgan fingerprint density at radius 3 is 2.62 bits per heavy atom. The molecule has 106 valence electrons. The van der Waals surface area contributed by atoms with Crippen LogP contribution in [0.25, 0.3) is 22.2 Å². The van der Waals surface area contributed by atoms with Gasteiger partial charge in [0.1, 0.15) is 11.5 Å². The van der Waals surface area contributed by atoms with E-state index >= 15 is 0 Å². The number of carboxylic acid groups (broad SMARTS) is 1. The number of H-pyrrole nitrogens is 1. The quantitative estimate of drug-likeness (QED) is 0.689. The number of ether oxygens (including phenoxy) is 1. The predicted molar refractivity (Wildman–Crippen MR) is 78.9 cm³/mol. The monoisotopic (exact) mass is 283 g/mol. The molecule has 0 aliphatic heterocycles. The minimum absolute atomic E-state index is 0.0754. The molecule has 3 N–H and O–H groups in total. The van der Waals surface area contributed by atoms with E-state index in [4.69, 9.17) is 9.84 Å². The van der Waals surface area contributed by atoms with Gasteiger partial charge < -0.3 is 19.9 Å². The first-order valence-corrected chi connectivity index (χ1v) is 6.33. The first-order chi connectivity index (χ1) is 10.1. The van der Waals surface area contributed by atoms with Crippen LogP contribution in [0.5, 0.6) is 11.5 Å². The third-order valence-electron chi connectivity index (χ3n) is 3.39. The fourth-order valence-corrected chi connectivity index (χ4v) is 2.36. The molecule has 5 heteroatoms. The fraction of sp³-hybridized carbons (Fsp3) is 0.0625. The van der Waals surface area contributed by atoms with Gasteiger partial charge in [0.05, 0.1) is 18.4 Å². The van der Waals surface area contributed by atoms with E-state index in [9.17, 15) is 9.90 Å². The summed E-state index contributed by atoms with van der Waals surface area (Å²) >= 11 is 0. The van der Waals surface area contributed by atoms with Crippen LogP contribution < -0.4 is 4.74 Å². The van der Waals surface area contributed by atoms with E-state index in [0.717, 1.165) is 5.52 Å². The van der Waals surface area contributed by atoms with Gasteiger partial charge in [-0.2, -0.15) is 0 Å². The van der Waals surface area contributed by atoms with Crippen molar-refractivity contribution >= 4 is 16.9 Å². The number of methoxy groups -OCH3 is 1. The number of rotatable bonds is 3. The minimum atomic E-state index is -1.03. The zero-order chi connectivity index (χ0) is 15.0. The van der Waals surface area contributed by atoms with Gasteiger partial charge in [-0.05, 0) is 30.3 Å². The molecule has 0 aliphatic carbocycles. The van der Waals surface area contributed by atoms with Crippen molar-refractivity contribution < 1.29 is 19.7 Å². The number of hydrogen-bond acceptors (Lipinski definition) is 3. The van der Waals surface area contributed by atoms with Crippen molar-refractivity contribution in [3.8, 4) is 22.8 Å². The zero-order valence-corrected chi connectivity index (χ0v) is 11.3. The zero-order valence-electron chi connectivity index (χ0n) is 11.3. The lowest BCUT2D eigenvalue weighted by Gasteiger charge is -2.08. The fourth-order valence-electron chi connectivity index (χ4n) is 2.36. The summed E-state index contributed by atoms with van der Waals surface area (Å²) in [5, 5.41) is 20.1. The maximum atomic E-state index is 11.1. The van der Waals surface area contributed by atoms with Gasteiger partial charge in [0.25, 0.3) is 0 Å². The number of nitrogens with one attached hydrogen (secondary N) is 1. The second-order valence-electron chi connectivity index (χ2n) is 4.61. The van der Waals surface area contributed by atoms with Crippen molar-refractivity contribution in [2.45, 2.75) is 0 Å². The summed E-state index contributed by atoms with van der Waals surface area (Å²) in [5.41, 5.74) is 1.85. The Kier molecular flexibility index (Phi) is 3.02. The number of carbonyl (C=O) groups is 1. The molecule has 0 spiro atoms. The first-order valence-electron chi connectivity index (χ1n) is 6.33. The molecule has 0 bridgehead atoms. The van der Waals surface area contributed by atoms with Gasteiger partial charge in [-0.1, -0.05) is 12.1 Å². The number of fused-ring (bicyclic) bond motifs is 1. The van der Waals surface area contributed by atoms with E-state index in [1.54, 1.807) is 12.1 Å². The molecular weight excluding hydrogens is 270 g/mol. The Morgan fingerprint density at radius 1 is 1.19 bits per heavy atom. The Labute approximate surface area is 120 Å². The highest BCUT2D eigenvalue weighted by atomic mass is 16.5. The maximum absolute atomic E-state index is 11.1. The van der Waals surface area contributed by atoms with Crippen molar-refractivity contribution in [3.63, 3.8) is 0 Å². The van der Waals surface area contributed by atoms with E-state index in [1.807, 2.05) is 18.2 Å². The Balaban J connectivity index is 2.28. The minimum Gasteiger partial charge on any atom is -0.505 e. The SMILES string of the molecule is COc1ccc(C(=O)O)cc1-c1[nH]c2ccccc2c1O. The molecule has 1 aromatic heterocycles. The number of para-hydroxylation sites is 1. The predicted octanol–water partition coefficient (Wildman–Crippen LogP) is 3.25. The highest BCUT2D eigenvalue weighted by Crippen LogP contribution is 2.40. The van der Waals surface area contributed by atoms with Gasteiger partial charge >= 0.3 is 5.97 Å². The van der Waals surface area contributed by atoms with Crippen LogP contribution in [0.3, 0.4) is 0 Å². The lowest BCUT2D eigenvalue weighted by Crippen LogP contribution is -1.98.